The molecule has 3 nitrogen and oxygen atoms in total. The summed E-state index contributed by atoms with van der Waals surface area (Å²) < 4.78 is 15.3. The summed E-state index contributed by atoms with van der Waals surface area (Å²) >= 11 is 0. The van der Waals surface area contributed by atoms with Crippen molar-refractivity contribution < 1.29 is 8.82 Å². The molecule has 0 aromatic heterocycles. The van der Waals surface area contributed by atoms with Crippen LogP contribution in [0.5, 0.6) is 0 Å². The Kier molecular flexibility index (Phi) is 4.09. The summed E-state index contributed by atoms with van der Waals surface area (Å²) in [7, 11) is -2.47. The van der Waals surface area contributed by atoms with Gasteiger partial charge in [0.25, 0.3) is 0 Å². The van der Waals surface area contributed by atoms with Crippen molar-refractivity contribution in [2.24, 2.45) is 0 Å². The van der Waals surface area contributed by atoms with Crippen LogP contribution in [0.4, 0.5) is 4.20 Å². The monoisotopic (exact) mass is 125 g/mol. The van der Waals surface area contributed by atoms with E-state index in [9.17, 15) is 4.20 Å². The van der Waals surface area contributed by atoms with Gasteiger partial charge in [-0.05, 0) is 4.62 Å². The van der Waals surface area contributed by atoms with E-state index in [1.165, 1.54) is 0 Å². The van der Waals surface area contributed by atoms with Crippen LogP contribution >= 0.6 is 8.25 Å². The SMILES string of the molecule is CCNO[P+](=N)F. The lowest BCUT2D eigenvalue weighted by Gasteiger charge is -1.81. The molecule has 0 aliphatic rings. The second-order valence-corrected chi connectivity index (χ2v) is 1.51. The van der Waals surface area contributed by atoms with Gasteiger partial charge in [-0.25, -0.2) is 0 Å². The quantitative estimate of drug-likeness (QED) is 0.444. The van der Waals surface area contributed by atoms with Crippen LogP contribution in [0, 0.1) is 5.16 Å². The molecule has 2 N–H and O–H groups in total. The van der Waals surface area contributed by atoms with Gasteiger partial charge in [-0.15, -0.1) is 0 Å². The van der Waals surface area contributed by atoms with Gasteiger partial charge < -0.3 is 0 Å². The number of rotatable bonds is 3. The molecule has 0 aromatic carbocycles. The molecule has 0 heterocycles. The smallest absolute Gasteiger partial charge is 0.150 e. The standard InChI is InChI=1S/C2H7FN2OP/c1-2-5-6-7(3)4/h4-5H,2H2,1H3/q+1. The highest BCUT2D eigenvalue weighted by Crippen LogP contribution is 2.20. The Labute approximate surface area is 42.3 Å². The van der Waals surface area contributed by atoms with Crippen molar-refractivity contribution in [3.05, 3.63) is 0 Å². The molecule has 0 spiro atoms. The fraction of sp³-hybridized carbons (Fsp3) is 1.00. The maximum atomic E-state index is 11.3. The number of hydroxylamine groups is 1. The van der Waals surface area contributed by atoms with Gasteiger partial charge in [0.05, 0.1) is 4.20 Å². The number of hydrogen-bond acceptors (Lipinski definition) is 3. The van der Waals surface area contributed by atoms with Crippen LogP contribution < -0.4 is 5.48 Å². The molecular weight excluding hydrogens is 118 g/mol. The summed E-state index contributed by atoms with van der Waals surface area (Å²) in [6, 6.07) is 0. The zero-order valence-corrected chi connectivity index (χ0v) is 4.83. The van der Waals surface area contributed by atoms with E-state index in [4.69, 9.17) is 5.16 Å². The Bertz CT molecular complexity index is 68.7. The normalized spacial score (nSPS) is 11.4. The first-order valence-electron chi connectivity index (χ1n) is 1.84. The molecule has 0 saturated heterocycles. The summed E-state index contributed by atoms with van der Waals surface area (Å²) in [4.78, 5) is 0. The number of hydrogen-bond donors (Lipinski definition) is 2. The van der Waals surface area contributed by atoms with Crippen LogP contribution in [-0.4, -0.2) is 6.54 Å². The first kappa shape index (κ1) is 6.95. The molecule has 0 amide bonds. The number of nitrogens with one attached hydrogen (secondary N) is 2. The Morgan fingerprint density at radius 1 is 2.00 bits per heavy atom. The van der Waals surface area contributed by atoms with Gasteiger partial charge >= 0.3 is 8.25 Å². The molecule has 0 saturated carbocycles. The van der Waals surface area contributed by atoms with Crippen molar-refractivity contribution in [2.75, 3.05) is 6.54 Å². The fourth-order valence-electron chi connectivity index (χ4n) is 0.121. The van der Waals surface area contributed by atoms with Gasteiger partial charge in [0.2, 0.25) is 0 Å². The van der Waals surface area contributed by atoms with Gasteiger partial charge in [-0.2, -0.15) is 5.48 Å². The van der Waals surface area contributed by atoms with E-state index in [-0.39, 0.29) is 0 Å². The fourth-order valence-corrected chi connectivity index (χ4v) is 0.364. The largest absolute Gasteiger partial charge is 0.625 e. The van der Waals surface area contributed by atoms with Gasteiger partial charge in [-0.1, -0.05) is 12.1 Å². The molecule has 1 atom stereocenters. The van der Waals surface area contributed by atoms with Crippen LogP contribution in [0.15, 0.2) is 0 Å². The lowest BCUT2D eigenvalue weighted by atomic mass is 10.8. The van der Waals surface area contributed by atoms with Crippen molar-refractivity contribution in [3.8, 4) is 0 Å². The van der Waals surface area contributed by atoms with Gasteiger partial charge in [-0.3, -0.25) is 0 Å². The van der Waals surface area contributed by atoms with E-state index in [1.54, 1.807) is 6.92 Å². The lowest BCUT2D eigenvalue weighted by molar-refractivity contribution is 0.219. The predicted molar refractivity (Wildman–Crippen MR) is 25.5 cm³/mol. The lowest BCUT2D eigenvalue weighted by Crippen LogP contribution is -2.06. The molecule has 7 heavy (non-hydrogen) atoms. The average molecular weight is 125 g/mol. The van der Waals surface area contributed by atoms with Gasteiger partial charge in [0.15, 0.2) is 0 Å². The minimum atomic E-state index is -2.47. The first-order chi connectivity index (χ1) is 3.27. The molecule has 0 fully saturated rings. The zero-order valence-electron chi connectivity index (χ0n) is 3.94. The van der Waals surface area contributed by atoms with E-state index in [2.05, 4.69) is 10.1 Å². The van der Waals surface area contributed by atoms with Crippen molar-refractivity contribution in [3.63, 3.8) is 0 Å². The van der Waals surface area contributed by atoms with E-state index in [0.29, 0.717) is 6.54 Å². The van der Waals surface area contributed by atoms with Gasteiger partial charge in [0.1, 0.15) is 0 Å². The predicted octanol–water partition coefficient (Wildman–Crippen LogP) is 1.57. The minimum Gasteiger partial charge on any atom is -0.150 e. The van der Waals surface area contributed by atoms with Crippen LogP contribution in [0.25, 0.3) is 0 Å². The number of halogens is 1. The van der Waals surface area contributed by atoms with Gasteiger partial charge in [0, 0.05) is 6.54 Å². The third kappa shape index (κ3) is 5.95. The molecule has 0 aliphatic heterocycles. The summed E-state index contributed by atoms with van der Waals surface area (Å²) in [6.07, 6.45) is 0. The Morgan fingerprint density at radius 3 is 2.71 bits per heavy atom. The maximum absolute atomic E-state index is 11.3. The van der Waals surface area contributed by atoms with Crippen molar-refractivity contribution in [2.45, 2.75) is 6.92 Å². The molecule has 0 bridgehead atoms. The maximum Gasteiger partial charge on any atom is 0.625 e. The molecular formula is C2H7FN2OP+. The Morgan fingerprint density at radius 2 is 2.57 bits per heavy atom. The Hall–Kier alpha value is -0.0500. The minimum absolute atomic E-state index is 0.529. The highest BCUT2D eigenvalue weighted by atomic mass is 31.2. The Balaban J connectivity index is 2.82. The van der Waals surface area contributed by atoms with E-state index in [0.717, 1.165) is 0 Å². The van der Waals surface area contributed by atoms with Crippen LogP contribution in [0.1, 0.15) is 6.92 Å². The molecule has 0 aliphatic carbocycles. The van der Waals surface area contributed by atoms with E-state index < -0.39 is 8.25 Å². The second-order valence-electron chi connectivity index (χ2n) is 0.834. The van der Waals surface area contributed by atoms with Crippen LogP contribution in [-0.2, 0) is 4.62 Å². The summed E-state index contributed by atoms with van der Waals surface area (Å²) in [6.45, 7) is 2.29. The molecule has 5 heteroatoms. The van der Waals surface area contributed by atoms with Crippen molar-refractivity contribution in [1.82, 2.24) is 5.48 Å². The second kappa shape index (κ2) is 4.12. The molecule has 1 unspecified atom stereocenters. The third-order valence-electron chi connectivity index (χ3n) is 0.289. The summed E-state index contributed by atoms with van der Waals surface area (Å²) in [5.41, 5.74) is 2.21. The average Bonchev–Trinajstić information content (AvgIpc) is 1.61. The first-order valence-corrected chi connectivity index (χ1v) is 2.99. The zero-order chi connectivity index (χ0) is 5.70. The molecule has 0 radical (unpaired) electrons. The summed E-state index contributed by atoms with van der Waals surface area (Å²) in [5, 5.41) is 6.19. The van der Waals surface area contributed by atoms with E-state index >= 15 is 0 Å². The molecule has 0 rings (SSSR count). The third-order valence-corrected chi connectivity index (χ3v) is 0.578. The summed E-state index contributed by atoms with van der Waals surface area (Å²) in [5.74, 6) is 0. The van der Waals surface area contributed by atoms with Crippen LogP contribution in [0.3, 0.4) is 0 Å². The highest BCUT2D eigenvalue weighted by molar-refractivity contribution is 7.34. The highest BCUT2D eigenvalue weighted by Gasteiger charge is 2.06. The topological polar surface area (TPSA) is 45.1 Å². The van der Waals surface area contributed by atoms with Crippen molar-refractivity contribution >= 4 is 8.25 Å². The van der Waals surface area contributed by atoms with Crippen LogP contribution in [0.2, 0.25) is 0 Å². The van der Waals surface area contributed by atoms with Crippen molar-refractivity contribution in [1.29, 1.82) is 5.16 Å². The molecule has 42 valence electrons. The van der Waals surface area contributed by atoms with E-state index in [1.807, 2.05) is 0 Å². The molecule has 0 aromatic rings.